The summed E-state index contributed by atoms with van der Waals surface area (Å²) >= 11 is 0. The van der Waals surface area contributed by atoms with Crippen LogP contribution in [0.4, 0.5) is 0 Å². The number of aliphatic hydroxyl groups excluding tert-OH is 1. The first-order valence-electron chi connectivity index (χ1n) is 6.54. The molecular formula is C17H15NO2. The van der Waals surface area contributed by atoms with Crippen molar-refractivity contribution in [2.45, 2.75) is 12.5 Å². The molecule has 3 rings (SSSR count). The number of benzene rings is 2. The standard InChI is InChI=1S/C17H15NO2/c1-2-7-15(19)12-8-3-4-9-13(12)17-14-10-5-6-11-16(14)20-18-17/h2-6,8-11,15,19H,1,7H2. The van der Waals surface area contributed by atoms with Crippen LogP contribution in [0.3, 0.4) is 0 Å². The van der Waals surface area contributed by atoms with Crippen LogP contribution in [-0.4, -0.2) is 10.3 Å². The molecule has 1 aromatic heterocycles. The van der Waals surface area contributed by atoms with Gasteiger partial charge in [-0.15, -0.1) is 6.58 Å². The van der Waals surface area contributed by atoms with Crippen molar-refractivity contribution < 1.29 is 9.63 Å². The molecule has 3 nitrogen and oxygen atoms in total. The number of hydrogen-bond donors (Lipinski definition) is 1. The van der Waals surface area contributed by atoms with Crippen LogP contribution in [-0.2, 0) is 0 Å². The molecule has 3 heteroatoms. The molecule has 0 fully saturated rings. The summed E-state index contributed by atoms with van der Waals surface area (Å²) in [6.07, 6.45) is 1.63. The summed E-state index contributed by atoms with van der Waals surface area (Å²) in [7, 11) is 0. The van der Waals surface area contributed by atoms with Gasteiger partial charge in [-0.25, -0.2) is 0 Å². The Morgan fingerprint density at radius 3 is 2.75 bits per heavy atom. The molecule has 1 heterocycles. The van der Waals surface area contributed by atoms with E-state index < -0.39 is 6.10 Å². The zero-order valence-electron chi connectivity index (χ0n) is 11.0. The van der Waals surface area contributed by atoms with Crippen molar-refractivity contribution in [2.24, 2.45) is 0 Å². The van der Waals surface area contributed by atoms with Gasteiger partial charge in [-0.05, 0) is 24.1 Å². The van der Waals surface area contributed by atoms with Crippen LogP contribution < -0.4 is 0 Å². The van der Waals surface area contributed by atoms with E-state index in [1.807, 2.05) is 48.5 Å². The average Bonchev–Trinajstić information content (AvgIpc) is 2.91. The fourth-order valence-corrected chi connectivity index (χ4v) is 2.37. The number of nitrogens with zero attached hydrogens (tertiary/aromatic N) is 1. The van der Waals surface area contributed by atoms with Gasteiger partial charge < -0.3 is 9.63 Å². The monoisotopic (exact) mass is 265 g/mol. The van der Waals surface area contributed by atoms with Crippen LogP contribution in [0.5, 0.6) is 0 Å². The van der Waals surface area contributed by atoms with Gasteiger partial charge in [0.2, 0.25) is 0 Å². The minimum atomic E-state index is -0.584. The Labute approximate surface area is 117 Å². The molecule has 20 heavy (non-hydrogen) atoms. The van der Waals surface area contributed by atoms with Crippen LogP contribution in [0.2, 0.25) is 0 Å². The van der Waals surface area contributed by atoms with E-state index in [0.717, 1.165) is 27.8 Å². The van der Waals surface area contributed by atoms with E-state index in [1.165, 1.54) is 0 Å². The van der Waals surface area contributed by atoms with Crippen molar-refractivity contribution in [3.05, 3.63) is 66.7 Å². The summed E-state index contributed by atoms with van der Waals surface area (Å²) in [5.41, 5.74) is 3.24. The normalized spacial score (nSPS) is 12.4. The lowest BCUT2D eigenvalue weighted by Gasteiger charge is -2.12. The molecule has 0 saturated heterocycles. The van der Waals surface area contributed by atoms with Crippen molar-refractivity contribution >= 4 is 11.0 Å². The molecule has 1 N–H and O–H groups in total. The number of para-hydroxylation sites is 1. The molecule has 0 saturated carbocycles. The number of aliphatic hydroxyl groups is 1. The van der Waals surface area contributed by atoms with E-state index in [0.29, 0.717) is 6.42 Å². The predicted molar refractivity (Wildman–Crippen MR) is 79.2 cm³/mol. The average molecular weight is 265 g/mol. The quantitative estimate of drug-likeness (QED) is 0.722. The van der Waals surface area contributed by atoms with Gasteiger partial charge in [-0.3, -0.25) is 0 Å². The molecule has 1 unspecified atom stereocenters. The van der Waals surface area contributed by atoms with Crippen molar-refractivity contribution in [3.63, 3.8) is 0 Å². The highest BCUT2D eigenvalue weighted by Crippen LogP contribution is 2.33. The highest BCUT2D eigenvalue weighted by Gasteiger charge is 2.16. The van der Waals surface area contributed by atoms with Gasteiger partial charge in [0.05, 0.1) is 6.10 Å². The Morgan fingerprint density at radius 1 is 1.15 bits per heavy atom. The highest BCUT2D eigenvalue weighted by molar-refractivity contribution is 5.92. The van der Waals surface area contributed by atoms with Crippen LogP contribution in [0.1, 0.15) is 18.1 Å². The molecule has 0 amide bonds. The zero-order chi connectivity index (χ0) is 13.9. The molecule has 0 aliphatic rings. The fraction of sp³-hybridized carbons (Fsp3) is 0.118. The number of aromatic nitrogens is 1. The van der Waals surface area contributed by atoms with Gasteiger partial charge in [0, 0.05) is 10.9 Å². The second-order valence-corrected chi connectivity index (χ2v) is 4.65. The highest BCUT2D eigenvalue weighted by atomic mass is 16.5. The first kappa shape index (κ1) is 12.6. The summed E-state index contributed by atoms with van der Waals surface area (Å²) in [6.45, 7) is 3.67. The second-order valence-electron chi connectivity index (χ2n) is 4.65. The maximum Gasteiger partial charge on any atom is 0.167 e. The number of rotatable bonds is 4. The minimum absolute atomic E-state index is 0.507. The number of hydrogen-bond acceptors (Lipinski definition) is 3. The zero-order valence-corrected chi connectivity index (χ0v) is 11.0. The lowest BCUT2D eigenvalue weighted by atomic mass is 9.96. The Balaban J connectivity index is 2.17. The molecule has 2 aromatic carbocycles. The molecule has 1 atom stereocenters. The summed E-state index contributed by atoms with van der Waals surface area (Å²) in [5.74, 6) is 0. The summed E-state index contributed by atoms with van der Waals surface area (Å²) in [6, 6.07) is 15.4. The van der Waals surface area contributed by atoms with Crippen LogP contribution in [0.15, 0.2) is 65.7 Å². The van der Waals surface area contributed by atoms with Gasteiger partial charge in [-0.2, -0.15) is 0 Å². The van der Waals surface area contributed by atoms with E-state index in [-0.39, 0.29) is 0 Å². The summed E-state index contributed by atoms with van der Waals surface area (Å²) in [5, 5.41) is 15.3. The first-order valence-corrected chi connectivity index (χ1v) is 6.54. The van der Waals surface area contributed by atoms with E-state index in [4.69, 9.17) is 4.52 Å². The first-order chi connectivity index (χ1) is 9.81. The van der Waals surface area contributed by atoms with E-state index in [9.17, 15) is 5.11 Å². The smallest absolute Gasteiger partial charge is 0.167 e. The van der Waals surface area contributed by atoms with Gasteiger partial charge in [-0.1, -0.05) is 47.6 Å². The van der Waals surface area contributed by atoms with Crippen LogP contribution in [0, 0.1) is 0 Å². The third-order valence-electron chi connectivity index (χ3n) is 3.34. The predicted octanol–water partition coefficient (Wildman–Crippen LogP) is 4.10. The maximum atomic E-state index is 10.2. The molecule has 100 valence electrons. The second kappa shape index (κ2) is 5.31. The fourth-order valence-electron chi connectivity index (χ4n) is 2.37. The molecule has 0 radical (unpaired) electrons. The Hall–Kier alpha value is -2.39. The molecule has 0 spiro atoms. The Kier molecular flexibility index (Phi) is 3.35. The summed E-state index contributed by atoms with van der Waals surface area (Å²) < 4.78 is 5.35. The van der Waals surface area contributed by atoms with E-state index >= 15 is 0 Å². The Bertz CT molecular complexity index is 745. The SMILES string of the molecule is C=CCC(O)c1ccccc1-c1noc2ccccc12. The molecular weight excluding hydrogens is 250 g/mol. The van der Waals surface area contributed by atoms with Crippen molar-refractivity contribution in [1.82, 2.24) is 5.16 Å². The van der Waals surface area contributed by atoms with Crippen molar-refractivity contribution in [1.29, 1.82) is 0 Å². The van der Waals surface area contributed by atoms with E-state index in [2.05, 4.69) is 11.7 Å². The van der Waals surface area contributed by atoms with Gasteiger partial charge in [0.15, 0.2) is 5.58 Å². The van der Waals surface area contributed by atoms with Crippen molar-refractivity contribution in [3.8, 4) is 11.3 Å². The van der Waals surface area contributed by atoms with E-state index in [1.54, 1.807) is 6.08 Å². The molecule has 0 aliphatic carbocycles. The lowest BCUT2D eigenvalue weighted by molar-refractivity contribution is 0.182. The van der Waals surface area contributed by atoms with Crippen molar-refractivity contribution in [2.75, 3.05) is 0 Å². The van der Waals surface area contributed by atoms with Crippen LogP contribution in [0.25, 0.3) is 22.2 Å². The van der Waals surface area contributed by atoms with Gasteiger partial charge in [0.1, 0.15) is 5.69 Å². The molecule has 0 aliphatic heterocycles. The lowest BCUT2D eigenvalue weighted by Crippen LogP contribution is -1.98. The number of fused-ring (bicyclic) bond motifs is 1. The molecule has 3 aromatic rings. The summed E-state index contributed by atoms with van der Waals surface area (Å²) in [4.78, 5) is 0. The third kappa shape index (κ3) is 2.12. The topological polar surface area (TPSA) is 46.3 Å². The van der Waals surface area contributed by atoms with Gasteiger partial charge in [0.25, 0.3) is 0 Å². The maximum absolute atomic E-state index is 10.2. The minimum Gasteiger partial charge on any atom is -0.388 e. The van der Waals surface area contributed by atoms with Gasteiger partial charge >= 0.3 is 0 Å². The third-order valence-corrected chi connectivity index (χ3v) is 3.34. The largest absolute Gasteiger partial charge is 0.388 e. The molecule has 0 bridgehead atoms. The Morgan fingerprint density at radius 2 is 1.90 bits per heavy atom. The van der Waals surface area contributed by atoms with Crippen LogP contribution >= 0.6 is 0 Å².